The first-order valence-corrected chi connectivity index (χ1v) is 9.20. The van der Waals surface area contributed by atoms with Crippen LogP contribution < -0.4 is 5.32 Å². The van der Waals surface area contributed by atoms with Crippen LogP contribution in [0.5, 0.6) is 0 Å². The average Bonchev–Trinajstić information content (AvgIpc) is 3.57. The van der Waals surface area contributed by atoms with Crippen LogP contribution in [0.3, 0.4) is 0 Å². The highest BCUT2D eigenvalue weighted by atomic mass is 19.3. The molecule has 1 aliphatic carbocycles. The molecule has 28 heavy (non-hydrogen) atoms. The minimum absolute atomic E-state index is 0.266. The number of carbonyl (C=O) groups is 2. The number of carbonyl (C=O) groups excluding carboxylic acids is 2. The van der Waals surface area contributed by atoms with E-state index in [9.17, 15) is 18.4 Å². The Bertz CT molecular complexity index is 673. The molecule has 1 amide bonds. The molecule has 2 atom stereocenters. The van der Waals surface area contributed by atoms with Crippen LogP contribution in [0.25, 0.3) is 0 Å². The summed E-state index contributed by atoms with van der Waals surface area (Å²) in [4.78, 5) is 23.8. The second kappa shape index (κ2) is 13.5. The number of rotatable bonds is 5. The van der Waals surface area contributed by atoms with Crippen LogP contribution in [0.15, 0.2) is 37.4 Å². The highest BCUT2D eigenvalue weighted by Crippen LogP contribution is 2.27. The molecule has 1 aromatic rings. The molecular weight excluding hydrogens is 364 g/mol. The molecule has 0 aromatic heterocycles. The number of hydrogen-bond acceptors (Lipinski definition) is 3. The summed E-state index contributed by atoms with van der Waals surface area (Å²) >= 11 is 0. The molecule has 1 aromatic carbocycles. The maximum atomic E-state index is 12.9. The summed E-state index contributed by atoms with van der Waals surface area (Å²) < 4.78 is 30.2. The smallest absolute Gasteiger partial charge is 0.328 e. The van der Waals surface area contributed by atoms with Crippen molar-refractivity contribution in [2.24, 2.45) is 11.8 Å². The molecule has 0 saturated heterocycles. The van der Waals surface area contributed by atoms with E-state index in [1.165, 1.54) is 6.92 Å². The zero-order valence-corrected chi connectivity index (χ0v) is 16.9. The van der Waals surface area contributed by atoms with E-state index in [4.69, 9.17) is 0 Å². The molecule has 0 heterocycles. The van der Waals surface area contributed by atoms with Crippen LogP contribution in [0, 0.1) is 23.7 Å². The zero-order chi connectivity index (χ0) is 21.7. The SMILES string of the molecule is C=C.CC.COC(=O)C(NC(=O)c1ccc(C#CC2CC2)cc1)C(C)C(F)F. The number of halogens is 2. The summed E-state index contributed by atoms with van der Waals surface area (Å²) in [6.07, 6.45) is -0.496. The molecule has 1 fully saturated rings. The van der Waals surface area contributed by atoms with E-state index in [1.54, 1.807) is 24.3 Å². The van der Waals surface area contributed by atoms with Gasteiger partial charge in [-0.2, -0.15) is 0 Å². The van der Waals surface area contributed by atoms with Crippen molar-refractivity contribution in [1.29, 1.82) is 0 Å². The van der Waals surface area contributed by atoms with E-state index < -0.39 is 30.3 Å². The molecule has 2 unspecified atom stereocenters. The van der Waals surface area contributed by atoms with Crippen molar-refractivity contribution in [2.45, 2.75) is 46.1 Å². The van der Waals surface area contributed by atoms with Gasteiger partial charge in [-0.1, -0.05) is 32.6 Å². The number of methoxy groups -OCH3 is 1. The lowest BCUT2D eigenvalue weighted by Gasteiger charge is -2.22. The molecule has 0 spiro atoms. The second-order valence-corrected chi connectivity index (χ2v) is 5.79. The Hall–Kier alpha value is -2.68. The maximum absolute atomic E-state index is 12.9. The lowest BCUT2D eigenvalue weighted by molar-refractivity contribution is -0.146. The van der Waals surface area contributed by atoms with Crippen molar-refractivity contribution < 1.29 is 23.1 Å². The van der Waals surface area contributed by atoms with Gasteiger partial charge >= 0.3 is 5.97 Å². The summed E-state index contributed by atoms with van der Waals surface area (Å²) in [7, 11) is 1.09. The van der Waals surface area contributed by atoms with Crippen molar-refractivity contribution in [3.63, 3.8) is 0 Å². The molecule has 2 rings (SSSR count). The van der Waals surface area contributed by atoms with E-state index in [2.05, 4.69) is 35.1 Å². The molecule has 1 saturated carbocycles. The molecular formula is C22H29F2NO3. The van der Waals surface area contributed by atoms with Gasteiger partial charge in [0.25, 0.3) is 5.91 Å². The highest BCUT2D eigenvalue weighted by molar-refractivity contribution is 5.96. The van der Waals surface area contributed by atoms with Gasteiger partial charge in [-0.15, -0.1) is 13.2 Å². The van der Waals surface area contributed by atoms with Crippen molar-refractivity contribution in [2.75, 3.05) is 7.11 Å². The zero-order valence-electron chi connectivity index (χ0n) is 16.9. The summed E-state index contributed by atoms with van der Waals surface area (Å²) in [5, 5.41) is 2.32. The Morgan fingerprint density at radius 2 is 1.71 bits per heavy atom. The third kappa shape index (κ3) is 8.34. The maximum Gasteiger partial charge on any atom is 0.328 e. The number of nitrogens with one attached hydrogen (secondary N) is 1. The summed E-state index contributed by atoms with van der Waals surface area (Å²) in [6.45, 7) is 11.2. The van der Waals surface area contributed by atoms with Gasteiger partial charge in [-0.05, 0) is 37.1 Å². The summed E-state index contributed by atoms with van der Waals surface area (Å²) in [5.74, 6) is 3.74. The third-order valence-electron chi connectivity index (χ3n) is 3.81. The highest BCUT2D eigenvalue weighted by Gasteiger charge is 2.33. The fraction of sp³-hybridized carbons (Fsp3) is 0.455. The minimum Gasteiger partial charge on any atom is -0.467 e. The number of amides is 1. The molecule has 4 nitrogen and oxygen atoms in total. The monoisotopic (exact) mass is 393 g/mol. The lowest BCUT2D eigenvalue weighted by Crippen LogP contribution is -2.47. The Kier molecular flexibility index (Phi) is 12.2. The Morgan fingerprint density at radius 1 is 1.18 bits per heavy atom. The van der Waals surface area contributed by atoms with E-state index in [0.29, 0.717) is 5.92 Å². The van der Waals surface area contributed by atoms with Gasteiger partial charge in [-0.3, -0.25) is 4.79 Å². The third-order valence-corrected chi connectivity index (χ3v) is 3.81. The summed E-state index contributed by atoms with van der Waals surface area (Å²) in [5.41, 5.74) is 1.05. The van der Waals surface area contributed by atoms with Crippen LogP contribution in [0.1, 0.15) is 49.5 Å². The number of esters is 1. The number of alkyl halides is 2. The standard InChI is InChI=1S/C18H19F2NO3.C2H6.C2H4/c1-11(16(19)20)15(18(23)24-2)21-17(22)14-9-7-13(8-10-14)6-5-12-3-4-12;2*1-2/h7-12,15-16H,3-4H2,1-2H3,(H,21,22);1-2H3;1-2H2. The van der Waals surface area contributed by atoms with Gasteiger partial charge in [0.15, 0.2) is 0 Å². The molecule has 1 N–H and O–H groups in total. The van der Waals surface area contributed by atoms with Crippen LogP contribution in [0.2, 0.25) is 0 Å². The van der Waals surface area contributed by atoms with Crippen LogP contribution in [0.4, 0.5) is 8.78 Å². The number of hydrogen-bond donors (Lipinski definition) is 1. The van der Waals surface area contributed by atoms with E-state index >= 15 is 0 Å². The van der Waals surface area contributed by atoms with Crippen LogP contribution >= 0.6 is 0 Å². The number of ether oxygens (including phenoxy) is 1. The van der Waals surface area contributed by atoms with Crippen molar-refractivity contribution in [3.8, 4) is 11.8 Å². The molecule has 154 valence electrons. The first-order valence-electron chi connectivity index (χ1n) is 9.20. The molecule has 0 radical (unpaired) electrons. The van der Waals surface area contributed by atoms with Crippen LogP contribution in [-0.2, 0) is 9.53 Å². The minimum atomic E-state index is -2.76. The largest absolute Gasteiger partial charge is 0.467 e. The predicted octanol–water partition coefficient (Wildman–Crippen LogP) is 4.45. The first kappa shape index (κ1) is 25.3. The fourth-order valence-corrected chi connectivity index (χ4v) is 2.02. The lowest BCUT2D eigenvalue weighted by atomic mass is 10.0. The van der Waals surface area contributed by atoms with Crippen molar-refractivity contribution in [1.82, 2.24) is 5.32 Å². The van der Waals surface area contributed by atoms with Crippen molar-refractivity contribution in [3.05, 3.63) is 48.6 Å². The topological polar surface area (TPSA) is 55.4 Å². The van der Waals surface area contributed by atoms with Gasteiger partial charge < -0.3 is 10.1 Å². The second-order valence-electron chi connectivity index (χ2n) is 5.79. The van der Waals surface area contributed by atoms with E-state index in [1.807, 2.05) is 13.8 Å². The molecule has 0 bridgehead atoms. The van der Waals surface area contributed by atoms with Crippen molar-refractivity contribution >= 4 is 11.9 Å². The van der Waals surface area contributed by atoms with E-state index in [-0.39, 0.29) is 5.56 Å². The fourth-order valence-electron chi connectivity index (χ4n) is 2.02. The quantitative estimate of drug-likeness (QED) is 0.457. The Labute approximate surface area is 166 Å². The summed E-state index contributed by atoms with van der Waals surface area (Å²) in [6, 6.07) is 5.07. The molecule has 1 aliphatic rings. The number of benzene rings is 1. The van der Waals surface area contributed by atoms with Gasteiger partial charge in [-0.25, -0.2) is 13.6 Å². The average molecular weight is 393 g/mol. The van der Waals surface area contributed by atoms with Gasteiger partial charge in [0.2, 0.25) is 6.43 Å². The first-order chi connectivity index (χ1) is 13.4. The Balaban J connectivity index is 0.00000171. The predicted molar refractivity (Wildman–Crippen MR) is 107 cm³/mol. The van der Waals surface area contributed by atoms with Gasteiger partial charge in [0.1, 0.15) is 6.04 Å². The normalized spacial score (nSPS) is 14.0. The molecule has 0 aliphatic heterocycles. The van der Waals surface area contributed by atoms with Gasteiger partial charge in [0, 0.05) is 23.0 Å². The Morgan fingerprint density at radius 3 is 2.14 bits per heavy atom. The molecule has 6 heteroatoms. The van der Waals surface area contributed by atoms with Crippen LogP contribution in [-0.4, -0.2) is 31.5 Å². The van der Waals surface area contributed by atoms with E-state index in [0.717, 1.165) is 25.5 Å². The van der Waals surface area contributed by atoms with Gasteiger partial charge in [0.05, 0.1) is 7.11 Å².